The lowest BCUT2D eigenvalue weighted by molar-refractivity contribution is -0.139. The first-order valence-corrected chi connectivity index (χ1v) is 11.9. The highest BCUT2D eigenvalue weighted by Gasteiger charge is 2.38. The molecule has 2 fully saturated rings. The number of aromatic nitrogens is 1. The lowest BCUT2D eigenvalue weighted by atomic mass is 9.81. The molecular formula is C26H31N3O3. The highest BCUT2D eigenvalue weighted by molar-refractivity contribution is 5.89. The van der Waals surface area contributed by atoms with Crippen LogP contribution in [0.2, 0.25) is 0 Å². The molecule has 2 amide bonds. The van der Waals surface area contributed by atoms with Gasteiger partial charge in [0.15, 0.2) is 0 Å². The minimum atomic E-state index is -0.117. The van der Waals surface area contributed by atoms with Crippen molar-refractivity contribution >= 4 is 17.5 Å². The van der Waals surface area contributed by atoms with Gasteiger partial charge in [-0.25, -0.2) is 0 Å². The summed E-state index contributed by atoms with van der Waals surface area (Å²) in [5.41, 5.74) is 3.35. The number of hydrogen-bond donors (Lipinski definition) is 1. The van der Waals surface area contributed by atoms with Crippen molar-refractivity contribution in [3.63, 3.8) is 0 Å². The van der Waals surface area contributed by atoms with E-state index in [1.54, 1.807) is 0 Å². The maximum Gasteiger partial charge on any atom is 0.258 e. The normalized spacial score (nSPS) is 22.8. The van der Waals surface area contributed by atoms with Gasteiger partial charge in [0.05, 0.1) is 0 Å². The number of benzene rings is 1. The second-order valence-electron chi connectivity index (χ2n) is 9.72. The molecule has 1 saturated carbocycles. The number of rotatable bonds is 3. The lowest BCUT2D eigenvalue weighted by Gasteiger charge is -2.44. The Hall–Kier alpha value is -2.89. The standard InChI is InChI=1S/C26H31N3O3/c1-17(30)27-22-9-7-19(8-10-22)23-11-12-24-21-13-18(15-29(24)26(23)32)14-28(16-21)25(31)20-5-3-2-4-6-20/h7-12,18,20-21H,2-6,13-16H2,1H3,(H,27,30). The van der Waals surface area contributed by atoms with Crippen LogP contribution in [0.3, 0.4) is 0 Å². The largest absolute Gasteiger partial charge is 0.341 e. The predicted octanol–water partition coefficient (Wildman–Crippen LogP) is 4.00. The third-order valence-electron chi connectivity index (χ3n) is 7.39. The summed E-state index contributed by atoms with van der Waals surface area (Å²) >= 11 is 0. The first-order chi connectivity index (χ1) is 15.5. The smallest absolute Gasteiger partial charge is 0.258 e. The van der Waals surface area contributed by atoms with Gasteiger partial charge in [-0.15, -0.1) is 0 Å². The summed E-state index contributed by atoms with van der Waals surface area (Å²) in [5.74, 6) is 0.996. The Bertz CT molecular complexity index is 1080. The molecule has 2 unspecified atom stereocenters. The molecule has 1 N–H and O–H groups in total. The van der Waals surface area contributed by atoms with Gasteiger partial charge in [0.25, 0.3) is 5.56 Å². The number of pyridine rings is 1. The minimum absolute atomic E-state index is 0.0385. The Morgan fingerprint density at radius 1 is 0.938 bits per heavy atom. The molecule has 1 aromatic carbocycles. The molecule has 0 radical (unpaired) electrons. The minimum Gasteiger partial charge on any atom is -0.341 e. The highest BCUT2D eigenvalue weighted by Crippen LogP contribution is 2.37. The van der Waals surface area contributed by atoms with Gasteiger partial charge in [-0.1, -0.05) is 31.4 Å². The molecule has 1 aromatic heterocycles. The van der Waals surface area contributed by atoms with E-state index in [1.807, 2.05) is 34.9 Å². The average Bonchev–Trinajstić information content (AvgIpc) is 2.80. The van der Waals surface area contributed by atoms with E-state index in [0.29, 0.717) is 23.9 Å². The van der Waals surface area contributed by atoms with Crippen molar-refractivity contribution in [2.24, 2.45) is 11.8 Å². The third kappa shape index (κ3) is 3.98. The Morgan fingerprint density at radius 2 is 1.69 bits per heavy atom. The van der Waals surface area contributed by atoms with Crippen LogP contribution >= 0.6 is 0 Å². The second-order valence-corrected chi connectivity index (χ2v) is 9.72. The van der Waals surface area contributed by atoms with E-state index in [2.05, 4.69) is 16.3 Å². The van der Waals surface area contributed by atoms with Crippen LogP contribution in [0.5, 0.6) is 0 Å². The molecule has 1 aliphatic carbocycles. The summed E-state index contributed by atoms with van der Waals surface area (Å²) < 4.78 is 1.94. The molecular weight excluding hydrogens is 402 g/mol. The molecule has 3 heterocycles. The molecule has 2 bridgehead atoms. The van der Waals surface area contributed by atoms with Crippen LogP contribution in [0, 0.1) is 11.8 Å². The summed E-state index contributed by atoms with van der Waals surface area (Å²) in [6.45, 7) is 3.66. The van der Waals surface area contributed by atoms with Gasteiger partial charge in [0.1, 0.15) is 0 Å². The average molecular weight is 434 g/mol. The number of anilines is 1. The van der Waals surface area contributed by atoms with Crippen LogP contribution in [0.4, 0.5) is 5.69 Å². The van der Waals surface area contributed by atoms with E-state index in [-0.39, 0.29) is 23.3 Å². The Labute approximate surface area is 188 Å². The van der Waals surface area contributed by atoms with Crippen LogP contribution in [-0.4, -0.2) is 34.4 Å². The zero-order chi connectivity index (χ0) is 22.2. The number of amides is 2. The van der Waals surface area contributed by atoms with Gasteiger partial charge < -0.3 is 14.8 Å². The Balaban J connectivity index is 1.38. The first-order valence-electron chi connectivity index (χ1n) is 11.9. The van der Waals surface area contributed by atoms with Gasteiger partial charge in [0.2, 0.25) is 11.8 Å². The van der Waals surface area contributed by atoms with Crippen molar-refractivity contribution < 1.29 is 9.59 Å². The Morgan fingerprint density at radius 3 is 2.41 bits per heavy atom. The van der Waals surface area contributed by atoms with E-state index in [4.69, 9.17) is 0 Å². The summed E-state index contributed by atoms with van der Waals surface area (Å²) in [4.78, 5) is 39.9. The molecule has 2 aliphatic heterocycles. The maximum absolute atomic E-state index is 13.4. The molecule has 6 nitrogen and oxygen atoms in total. The Kier molecular flexibility index (Phi) is 5.62. The number of hydrogen-bond acceptors (Lipinski definition) is 3. The van der Waals surface area contributed by atoms with Gasteiger partial charge in [-0.2, -0.15) is 0 Å². The maximum atomic E-state index is 13.4. The van der Waals surface area contributed by atoms with Crippen molar-refractivity contribution in [3.8, 4) is 11.1 Å². The summed E-state index contributed by atoms with van der Waals surface area (Å²) in [6, 6.07) is 11.4. The molecule has 32 heavy (non-hydrogen) atoms. The summed E-state index contributed by atoms with van der Waals surface area (Å²) in [5, 5.41) is 2.76. The zero-order valence-electron chi connectivity index (χ0n) is 18.7. The molecule has 2 aromatic rings. The zero-order valence-corrected chi connectivity index (χ0v) is 18.7. The number of nitrogens with zero attached hydrogens (tertiary/aromatic N) is 2. The van der Waals surface area contributed by atoms with Gasteiger partial charge in [0, 0.05) is 55.3 Å². The van der Waals surface area contributed by atoms with E-state index in [0.717, 1.165) is 49.3 Å². The van der Waals surface area contributed by atoms with Gasteiger partial charge in [-0.3, -0.25) is 14.4 Å². The van der Waals surface area contributed by atoms with E-state index in [1.165, 1.54) is 26.2 Å². The first kappa shape index (κ1) is 21.0. The van der Waals surface area contributed by atoms with Crippen LogP contribution in [0.15, 0.2) is 41.2 Å². The van der Waals surface area contributed by atoms with Crippen LogP contribution in [0.25, 0.3) is 11.1 Å². The quantitative estimate of drug-likeness (QED) is 0.795. The monoisotopic (exact) mass is 433 g/mol. The molecule has 168 valence electrons. The molecule has 0 spiro atoms. The highest BCUT2D eigenvalue weighted by atomic mass is 16.2. The fourth-order valence-corrected chi connectivity index (χ4v) is 5.89. The van der Waals surface area contributed by atoms with Crippen molar-refractivity contribution in [1.82, 2.24) is 9.47 Å². The van der Waals surface area contributed by atoms with E-state index >= 15 is 0 Å². The van der Waals surface area contributed by atoms with E-state index < -0.39 is 0 Å². The molecule has 3 aliphatic rings. The third-order valence-corrected chi connectivity index (χ3v) is 7.39. The topological polar surface area (TPSA) is 71.4 Å². The van der Waals surface area contributed by atoms with Gasteiger partial charge >= 0.3 is 0 Å². The number of nitrogens with one attached hydrogen (secondary N) is 1. The van der Waals surface area contributed by atoms with E-state index in [9.17, 15) is 14.4 Å². The number of carbonyl (C=O) groups is 2. The molecule has 6 heteroatoms. The fourth-order valence-electron chi connectivity index (χ4n) is 5.89. The van der Waals surface area contributed by atoms with Crippen LogP contribution < -0.4 is 10.9 Å². The molecule has 5 rings (SSSR count). The molecule has 1 saturated heterocycles. The predicted molar refractivity (Wildman–Crippen MR) is 124 cm³/mol. The molecule has 2 atom stereocenters. The number of fused-ring (bicyclic) bond motifs is 4. The lowest BCUT2D eigenvalue weighted by Crippen LogP contribution is -2.50. The van der Waals surface area contributed by atoms with Gasteiger partial charge in [-0.05, 0) is 55.0 Å². The second kappa shape index (κ2) is 8.57. The summed E-state index contributed by atoms with van der Waals surface area (Å²) in [7, 11) is 0. The van der Waals surface area contributed by atoms with Crippen LogP contribution in [0.1, 0.15) is 57.1 Å². The van der Waals surface area contributed by atoms with Crippen LogP contribution in [-0.2, 0) is 16.1 Å². The number of piperidine rings is 1. The van der Waals surface area contributed by atoms with Crippen molar-refractivity contribution in [2.75, 3.05) is 18.4 Å². The SMILES string of the molecule is CC(=O)Nc1ccc(-c2ccc3n(c2=O)CC2CC3CN(C(=O)C3CCCCC3)C2)cc1. The summed E-state index contributed by atoms with van der Waals surface area (Å²) in [6.07, 6.45) is 6.71. The number of likely N-dealkylation sites (tertiary alicyclic amines) is 1. The fraction of sp³-hybridized carbons (Fsp3) is 0.500. The number of carbonyl (C=O) groups excluding carboxylic acids is 2. The van der Waals surface area contributed by atoms with Crippen molar-refractivity contribution in [2.45, 2.75) is 57.9 Å². The van der Waals surface area contributed by atoms with Crippen molar-refractivity contribution in [3.05, 3.63) is 52.4 Å². The van der Waals surface area contributed by atoms with Crippen molar-refractivity contribution in [1.29, 1.82) is 0 Å².